The van der Waals surface area contributed by atoms with Gasteiger partial charge in [-0.1, -0.05) is 17.7 Å². The molecule has 0 unspecified atom stereocenters. The van der Waals surface area contributed by atoms with E-state index in [1.165, 1.54) is 12.0 Å². The molecule has 0 N–H and O–H groups in total. The summed E-state index contributed by atoms with van der Waals surface area (Å²) in [7, 11) is 0. The second kappa shape index (κ2) is 8.00. The molecule has 2 aliphatic heterocycles. The lowest BCUT2D eigenvalue weighted by Gasteiger charge is -2.36. The Balaban J connectivity index is 1.51. The van der Waals surface area contributed by atoms with Crippen LogP contribution in [0, 0.1) is 13.8 Å². The molecule has 2 aliphatic rings. The van der Waals surface area contributed by atoms with Gasteiger partial charge in [0.1, 0.15) is 0 Å². The highest BCUT2D eigenvalue weighted by atomic mass is 16.2. The summed E-state index contributed by atoms with van der Waals surface area (Å²) in [5, 5.41) is 0. The molecule has 5 heteroatoms. The minimum Gasteiger partial charge on any atom is -0.342 e. The fourth-order valence-electron chi connectivity index (χ4n) is 3.77. The van der Waals surface area contributed by atoms with E-state index in [9.17, 15) is 9.59 Å². The third kappa shape index (κ3) is 4.40. The monoisotopic (exact) mass is 343 g/mol. The summed E-state index contributed by atoms with van der Waals surface area (Å²) in [4.78, 5) is 31.2. The number of carbonyl (C=O) groups excluding carboxylic acids is 2. The standard InChI is InChI=1S/C20H29N3O2/c1-16-6-7-18(17(2)14-16)20(25)23-12-10-21(11-13-23)15-19(24)22-8-4-3-5-9-22/h6-7,14H,3-5,8-13,15H2,1-2H3. The number of hydrogen-bond donors (Lipinski definition) is 0. The van der Waals surface area contributed by atoms with Crippen LogP contribution in [0.15, 0.2) is 18.2 Å². The molecule has 136 valence electrons. The lowest BCUT2D eigenvalue weighted by Crippen LogP contribution is -2.52. The Morgan fingerprint density at radius 3 is 2.20 bits per heavy atom. The zero-order chi connectivity index (χ0) is 17.8. The maximum Gasteiger partial charge on any atom is 0.254 e. The van der Waals surface area contributed by atoms with E-state index in [-0.39, 0.29) is 11.8 Å². The van der Waals surface area contributed by atoms with Crippen LogP contribution in [-0.2, 0) is 4.79 Å². The van der Waals surface area contributed by atoms with Gasteiger partial charge in [-0.25, -0.2) is 0 Å². The number of likely N-dealkylation sites (tertiary alicyclic amines) is 1. The molecule has 5 nitrogen and oxygen atoms in total. The van der Waals surface area contributed by atoms with E-state index in [2.05, 4.69) is 11.0 Å². The van der Waals surface area contributed by atoms with Crippen molar-refractivity contribution in [2.75, 3.05) is 45.8 Å². The molecule has 1 aromatic rings. The number of nitrogens with zero attached hydrogens (tertiary/aromatic N) is 3. The van der Waals surface area contributed by atoms with Crippen molar-refractivity contribution < 1.29 is 9.59 Å². The quantitative estimate of drug-likeness (QED) is 0.844. The van der Waals surface area contributed by atoms with Crippen molar-refractivity contribution in [1.82, 2.24) is 14.7 Å². The smallest absolute Gasteiger partial charge is 0.254 e. The Morgan fingerprint density at radius 2 is 1.56 bits per heavy atom. The van der Waals surface area contributed by atoms with Gasteiger partial charge in [0, 0.05) is 44.8 Å². The van der Waals surface area contributed by atoms with Crippen molar-refractivity contribution in [3.05, 3.63) is 34.9 Å². The molecule has 0 bridgehead atoms. The highest BCUT2D eigenvalue weighted by Crippen LogP contribution is 2.15. The van der Waals surface area contributed by atoms with Gasteiger partial charge in [-0.3, -0.25) is 14.5 Å². The largest absolute Gasteiger partial charge is 0.342 e. The maximum absolute atomic E-state index is 12.7. The predicted molar refractivity (Wildman–Crippen MR) is 98.7 cm³/mol. The molecule has 3 rings (SSSR count). The van der Waals surface area contributed by atoms with E-state index in [0.29, 0.717) is 19.6 Å². The molecular formula is C20H29N3O2. The Bertz CT molecular complexity index is 630. The van der Waals surface area contributed by atoms with Crippen molar-refractivity contribution in [2.45, 2.75) is 33.1 Å². The van der Waals surface area contributed by atoms with Gasteiger partial charge in [0.15, 0.2) is 0 Å². The summed E-state index contributed by atoms with van der Waals surface area (Å²) in [6.07, 6.45) is 3.50. The number of piperidine rings is 1. The van der Waals surface area contributed by atoms with Gasteiger partial charge >= 0.3 is 0 Å². The highest BCUT2D eigenvalue weighted by Gasteiger charge is 2.25. The van der Waals surface area contributed by atoms with Gasteiger partial charge in [0.2, 0.25) is 5.91 Å². The topological polar surface area (TPSA) is 43.9 Å². The van der Waals surface area contributed by atoms with E-state index < -0.39 is 0 Å². The number of benzene rings is 1. The predicted octanol–water partition coefficient (Wildman–Crippen LogP) is 2.07. The van der Waals surface area contributed by atoms with Crippen LogP contribution in [0.3, 0.4) is 0 Å². The van der Waals surface area contributed by atoms with Crippen LogP contribution in [0.1, 0.15) is 40.7 Å². The zero-order valence-electron chi connectivity index (χ0n) is 15.5. The SMILES string of the molecule is Cc1ccc(C(=O)N2CCN(CC(=O)N3CCCCC3)CC2)c(C)c1. The molecule has 2 saturated heterocycles. The molecule has 0 atom stereocenters. The third-order valence-electron chi connectivity index (χ3n) is 5.34. The summed E-state index contributed by atoms with van der Waals surface area (Å²) in [5.41, 5.74) is 3.01. The van der Waals surface area contributed by atoms with Crippen LogP contribution >= 0.6 is 0 Å². The fourth-order valence-corrected chi connectivity index (χ4v) is 3.77. The normalized spacial score (nSPS) is 19.1. The summed E-state index contributed by atoms with van der Waals surface area (Å²) in [6.45, 7) is 9.28. The van der Waals surface area contributed by atoms with E-state index in [1.807, 2.05) is 35.8 Å². The van der Waals surface area contributed by atoms with Gasteiger partial charge < -0.3 is 9.80 Å². The molecular weight excluding hydrogens is 314 g/mol. The molecule has 2 amide bonds. The second-order valence-electron chi connectivity index (χ2n) is 7.33. The first kappa shape index (κ1) is 17.9. The number of rotatable bonds is 3. The van der Waals surface area contributed by atoms with Crippen molar-refractivity contribution in [1.29, 1.82) is 0 Å². The van der Waals surface area contributed by atoms with Crippen molar-refractivity contribution in [3.63, 3.8) is 0 Å². The van der Waals surface area contributed by atoms with Crippen LogP contribution in [0.4, 0.5) is 0 Å². The van der Waals surface area contributed by atoms with Gasteiger partial charge in [0.25, 0.3) is 5.91 Å². The summed E-state index contributed by atoms with van der Waals surface area (Å²) < 4.78 is 0. The average molecular weight is 343 g/mol. The minimum atomic E-state index is 0.111. The number of carbonyl (C=O) groups is 2. The Labute approximate surface area is 150 Å². The van der Waals surface area contributed by atoms with Gasteiger partial charge in [-0.15, -0.1) is 0 Å². The zero-order valence-corrected chi connectivity index (χ0v) is 15.5. The summed E-state index contributed by atoms with van der Waals surface area (Å²) in [5.74, 6) is 0.355. The van der Waals surface area contributed by atoms with Crippen LogP contribution in [0.5, 0.6) is 0 Å². The maximum atomic E-state index is 12.7. The van der Waals surface area contributed by atoms with Crippen LogP contribution in [0.25, 0.3) is 0 Å². The first-order valence-electron chi connectivity index (χ1n) is 9.41. The van der Waals surface area contributed by atoms with Crippen LogP contribution in [0.2, 0.25) is 0 Å². The van der Waals surface area contributed by atoms with Crippen molar-refractivity contribution in [2.24, 2.45) is 0 Å². The molecule has 0 spiro atoms. The van der Waals surface area contributed by atoms with Crippen LogP contribution in [-0.4, -0.2) is 72.3 Å². The molecule has 0 radical (unpaired) electrons. The molecule has 0 aromatic heterocycles. The second-order valence-corrected chi connectivity index (χ2v) is 7.33. The van der Waals surface area contributed by atoms with Gasteiger partial charge in [-0.05, 0) is 44.7 Å². The van der Waals surface area contributed by atoms with E-state index in [1.54, 1.807) is 0 Å². The summed E-state index contributed by atoms with van der Waals surface area (Å²) >= 11 is 0. The van der Waals surface area contributed by atoms with Crippen molar-refractivity contribution >= 4 is 11.8 Å². The Morgan fingerprint density at radius 1 is 0.880 bits per heavy atom. The third-order valence-corrected chi connectivity index (χ3v) is 5.34. The van der Waals surface area contributed by atoms with E-state index in [0.717, 1.165) is 50.1 Å². The highest BCUT2D eigenvalue weighted by molar-refractivity contribution is 5.95. The average Bonchev–Trinajstić information content (AvgIpc) is 2.62. The molecule has 0 aliphatic carbocycles. The minimum absolute atomic E-state index is 0.111. The summed E-state index contributed by atoms with van der Waals surface area (Å²) in [6, 6.07) is 5.98. The first-order chi connectivity index (χ1) is 12.0. The molecule has 2 fully saturated rings. The number of amides is 2. The van der Waals surface area contributed by atoms with E-state index in [4.69, 9.17) is 0 Å². The Kier molecular flexibility index (Phi) is 5.74. The lowest BCUT2D eigenvalue weighted by atomic mass is 10.0. The first-order valence-corrected chi connectivity index (χ1v) is 9.41. The van der Waals surface area contributed by atoms with Gasteiger partial charge in [0.05, 0.1) is 6.54 Å². The number of aryl methyl sites for hydroxylation is 2. The molecule has 0 saturated carbocycles. The number of piperazine rings is 1. The number of hydrogen-bond acceptors (Lipinski definition) is 3. The van der Waals surface area contributed by atoms with Crippen LogP contribution < -0.4 is 0 Å². The van der Waals surface area contributed by atoms with Gasteiger partial charge in [-0.2, -0.15) is 0 Å². The molecule has 2 heterocycles. The lowest BCUT2D eigenvalue weighted by molar-refractivity contribution is -0.133. The van der Waals surface area contributed by atoms with E-state index >= 15 is 0 Å². The Hall–Kier alpha value is -1.88. The molecule has 25 heavy (non-hydrogen) atoms. The molecule has 1 aromatic carbocycles. The van der Waals surface area contributed by atoms with Crippen molar-refractivity contribution in [3.8, 4) is 0 Å². The fraction of sp³-hybridized carbons (Fsp3) is 0.600.